The first-order chi connectivity index (χ1) is 10.2. The summed E-state index contributed by atoms with van der Waals surface area (Å²) in [7, 11) is 0. The van der Waals surface area contributed by atoms with Gasteiger partial charge in [-0.3, -0.25) is 0 Å². The van der Waals surface area contributed by atoms with Gasteiger partial charge in [0.15, 0.2) is 11.6 Å². The topological polar surface area (TPSA) is 12.4 Å². The van der Waals surface area contributed by atoms with E-state index < -0.39 is 17.3 Å². The quantitative estimate of drug-likeness (QED) is 0.446. The van der Waals surface area contributed by atoms with Crippen molar-refractivity contribution in [3.63, 3.8) is 0 Å². The van der Waals surface area contributed by atoms with Crippen LogP contribution in [0.25, 0.3) is 0 Å². The molecule has 0 radical (unpaired) electrons. The van der Waals surface area contributed by atoms with Crippen LogP contribution >= 0.6 is 12.2 Å². The largest absolute Gasteiger partial charge is 0.204 e. The Morgan fingerprint density at radius 3 is 2.38 bits per heavy atom. The molecule has 0 saturated heterocycles. The lowest BCUT2D eigenvalue weighted by Gasteiger charge is -2.00. The van der Waals surface area contributed by atoms with Gasteiger partial charge in [0.05, 0.1) is 5.16 Å². The first-order valence-electron chi connectivity index (χ1n) is 6.32. The third kappa shape index (κ3) is 3.61. The molecule has 21 heavy (non-hydrogen) atoms. The van der Waals surface area contributed by atoms with Gasteiger partial charge in [-0.2, -0.15) is 4.99 Å². The zero-order valence-corrected chi connectivity index (χ0v) is 12.1. The van der Waals surface area contributed by atoms with Gasteiger partial charge in [0, 0.05) is 11.1 Å². The summed E-state index contributed by atoms with van der Waals surface area (Å²) in [4.78, 5) is 3.36. The Morgan fingerprint density at radius 1 is 1.10 bits per heavy atom. The van der Waals surface area contributed by atoms with Gasteiger partial charge in [-0.1, -0.05) is 37.0 Å². The van der Waals surface area contributed by atoms with Crippen LogP contribution in [0.3, 0.4) is 0 Å². The number of nitrogens with zero attached hydrogens (tertiary/aromatic N) is 1. The van der Waals surface area contributed by atoms with Gasteiger partial charge in [-0.25, -0.2) is 8.78 Å². The molecule has 2 aromatic carbocycles. The predicted molar refractivity (Wildman–Crippen MR) is 82.8 cm³/mol. The molecule has 0 bridgehead atoms. The SMILES string of the molecule is CCc1ccccc1C#Cc1cc(F)c(N=C=S)c(F)c1. The first-order valence-corrected chi connectivity index (χ1v) is 6.73. The summed E-state index contributed by atoms with van der Waals surface area (Å²) in [6, 6.07) is 9.93. The number of hydrogen-bond donors (Lipinski definition) is 0. The van der Waals surface area contributed by atoms with E-state index in [-0.39, 0.29) is 5.56 Å². The van der Waals surface area contributed by atoms with E-state index in [4.69, 9.17) is 0 Å². The number of thiocarbonyl (C=S) groups is 1. The fourth-order valence-corrected chi connectivity index (χ4v) is 1.97. The van der Waals surface area contributed by atoms with Gasteiger partial charge >= 0.3 is 0 Å². The van der Waals surface area contributed by atoms with Gasteiger partial charge in [0.25, 0.3) is 0 Å². The monoisotopic (exact) mass is 299 g/mol. The van der Waals surface area contributed by atoms with E-state index >= 15 is 0 Å². The van der Waals surface area contributed by atoms with Crippen molar-refractivity contribution < 1.29 is 8.78 Å². The number of benzene rings is 2. The summed E-state index contributed by atoms with van der Waals surface area (Å²) in [5.74, 6) is 4.09. The molecule has 0 aliphatic carbocycles. The molecule has 0 unspecified atom stereocenters. The standard InChI is InChI=1S/C17H11F2NS/c1-2-13-5-3-4-6-14(13)8-7-12-9-15(18)17(20-11-21)16(19)10-12/h3-6,9-10H,2H2,1H3. The molecule has 0 aliphatic heterocycles. The molecule has 0 fully saturated rings. The van der Waals surface area contributed by atoms with Crippen molar-refractivity contribution in [1.82, 2.24) is 0 Å². The van der Waals surface area contributed by atoms with Crippen LogP contribution in [0.2, 0.25) is 0 Å². The van der Waals surface area contributed by atoms with Crippen molar-refractivity contribution in [2.75, 3.05) is 0 Å². The average molecular weight is 299 g/mol. The molecular weight excluding hydrogens is 288 g/mol. The summed E-state index contributed by atoms with van der Waals surface area (Å²) < 4.78 is 27.4. The molecule has 0 atom stereocenters. The highest BCUT2D eigenvalue weighted by Crippen LogP contribution is 2.23. The average Bonchev–Trinajstić information content (AvgIpc) is 2.49. The summed E-state index contributed by atoms with van der Waals surface area (Å²) in [5, 5.41) is 1.95. The molecule has 0 aliphatic rings. The Morgan fingerprint density at radius 2 is 1.76 bits per heavy atom. The van der Waals surface area contributed by atoms with Gasteiger partial charge in [-0.05, 0) is 42.4 Å². The van der Waals surface area contributed by atoms with Crippen LogP contribution in [0.5, 0.6) is 0 Å². The smallest absolute Gasteiger partial charge is 0.153 e. The molecule has 2 rings (SSSR count). The van der Waals surface area contributed by atoms with Crippen LogP contribution < -0.4 is 0 Å². The van der Waals surface area contributed by atoms with Crippen molar-refractivity contribution in [3.8, 4) is 11.8 Å². The fourth-order valence-electron chi connectivity index (χ4n) is 1.88. The van der Waals surface area contributed by atoms with E-state index in [0.29, 0.717) is 0 Å². The molecule has 0 saturated carbocycles. The molecular formula is C17H11F2NS. The number of aliphatic imine (C=N–C) groups is 1. The second-order valence-corrected chi connectivity index (χ2v) is 4.43. The van der Waals surface area contributed by atoms with Crippen molar-refractivity contribution in [1.29, 1.82) is 0 Å². The minimum Gasteiger partial charge on any atom is -0.204 e. The molecule has 0 amide bonds. The van der Waals surface area contributed by atoms with E-state index in [2.05, 4.69) is 29.1 Å². The number of halogens is 2. The summed E-state index contributed by atoms with van der Waals surface area (Å²) in [6.45, 7) is 2.03. The van der Waals surface area contributed by atoms with E-state index in [1.807, 2.05) is 36.4 Å². The number of hydrogen-bond acceptors (Lipinski definition) is 2. The van der Waals surface area contributed by atoms with Crippen molar-refractivity contribution in [3.05, 3.63) is 64.7 Å². The third-order valence-electron chi connectivity index (χ3n) is 2.91. The van der Waals surface area contributed by atoms with Gasteiger partial charge < -0.3 is 0 Å². The normalized spacial score (nSPS) is 9.48. The third-order valence-corrected chi connectivity index (χ3v) is 3.01. The lowest BCUT2D eigenvalue weighted by Crippen LogP contribution is -1.88. The first kappa shape index (κ1) is 15.1. The van der Waals surface area contributed by atoms with Crippen LogP contribution in [-0.2, 0) is 6.42 Å². The Kier molecular flexibility index (Phi) is 4.94. The minimum absolute atomic E-state index is 0.249. The number of isothiocyanates is 1. The summed E-state index contributed by atoms with van der Waals surface area (Å²) in [6.07, 6.45) is 0.843. The molecule has 1 nitrogen and oxygen atoms in total. The second kappa shape index (κ2) is 6.90. The van der Waals surface area contributed by atoms with Gasteiger partial charge in [-0.15, -0.1) is 0 Å². The summed E-state index contributed by atoms with van der Waals surface area (Å²) in [5.41, 5.74) is 1.75. The van der Waals surface area contributed by atoms with Crippen LogP contribution in [0.4, 0.5) is 14.5 Å². The lowest BCUT2D eigenvalue weighted by atomic mass is 10.1. The predicted octanol–water partition coefficient (Wildman–Crippen LogP) is 4.66. The molecule has 0 aromatic heterocycles. The molecule has 4 heteroatoms. The maximum absolute atomic E-state index is 13.7. The molecule has 0 spiro atoms. The van der Waals surface area contributed by atoms with Crippen LogP contribution in [0.15, 0.2) is 41.4 Å². The van der Waals surface area contributed by atoms with E-state index in [9.17, 15) is 8.78 Å². The van der Waals surface area contributed by atoms with Crippen molar-refractivity contribution in [2.45, 2.75) is 13.3 Å². The Labute approximate surface area is 127 Å². The molecule has 0 N–H and O–H groups in total. The van der Waals surface area contributed by atoms with E-state index in [1.165, 1.54) is 0 Å². The minimum atomic E-state index is -0.805. The highest BCUT2D eigenvalue weighted by molar-refractivity contribution is 7.78. The second-order valence-electron chi connectivity index (χ2n) is 4.25. The zero-order valence-electron chi connectivity index (χ0n) is 11.3. The van der Waals surface area contributed by atoms with E-state index in [1.54, 1.807) is 0 Å². The van der Waals surface area contributed by atoms with Crippen LogP contribution in [0.1, 0.15) is 23.6 Å². The maximum Gasteiger partial charge on any atom is 0.153 e. The highest BCUT2D eigenvalue weighted by atomic mass is 32.1. The Bertz CT molecular complexity index is 758. The van der Waals surface area contributed by atoms with Crippen LogP contribution in [0, 0.1) is 23.5 Å². The Balaban J connectivity index is 2.42. The highest BCUT2D eigenvalue weighted by Gasteiger charge is 2.09. The number of aryl methyl sites for hydroxylation is 1. The van der Waals surface area contributed by atoms with Crippen LogP contribution in [-0.4, -0.2) is 5.16 Å². The van der Waals surface area contributed by atoms with Crippen molar-refractivity contribution in [2.24, 2.45) is 4.99 Å². The van der Waals surface area contributed by atoms with Gasteiger partial charge in [0.2, 0.25) is 0 Å². The maximum atomic E-state index is 13.7. The Hall–Kier alpha value is -2.34. The van der Waals surface area contributed by atoms with E-state index in [0.717, 1.165) is 29.7 Å². The molecule has 2 aromatic rings. The number of rotatable bonds is 2. The van der Waals surface area contributed by atoms with Crippen molar-refractivity contribution >= 4 is 23.1 Å². The molecule has 0 heterocycles. The fraction of sp³-hybridized carbons (Fsp3) is 0.118. The van der Waals surface area contributed by atoms with Gasteiger partial charge in [0.1, 0.15) is 5.69 Å². The lowest BCUT2D eigenvalue weighted by molar-refractivity contribution is 0.587. The molecule has 104 valence electrons. The zero-order chi connectivity index (χ0) is 15.2. The summed E-state index contributed by atoms with van der Waals surface area (Å²) >= 11 is 4.35.